The average molecular weight is 148 g/mol. The maximum absolute atomic E-state index is 8.99. The Morgan fingerprint density at radius 3 is 2.50 bits per heavy atom. The van der Waals surface area contributed by atoms with E-state index in [1.165, 1.54) is 6.08 Å². The van der Waals surface area contributed by atoms with Gasteiger partial charge in [-0.25, -0.2) is 4.89 Å². The lowest BCUT2D eigenvalue weighted by Gasteiger charge is -2.14. The van der Waals surface area contributed by atoms with Gasteiger partial charge in [0.15, 0.2) is 0 Å². The Labute approximate surface area is 59.3 Å². The summed E-state index contributed by atoms with van der Waals surface area (Å²) in [5.74, 6) is 0. The van der Waals surface area contributed by atoms with Gasteiger partial charge in [-0.1, -0.05) is 6.08 Å². The number of hydrogen-bond donors (Lipinski definition) is 3. The van der Waals surface area contributed by atoms with Crippen molar-refractivity contribution in [2.45, 2.75) is 18.6 Å². The summed E-state index contributed by atoms with van der Waals surface area (Å²) in [7, 11) is 0. The standard InChI is InChI=1S/C6H12O4/c1-2-6(10-9)5(8)3-4-7/h2,5-9H,1,3-4H2/t5-,6-/m0/s1. The lowest BCUT2D eigenvalue weighted by Crippen LogP contribution is -2.26. The molecule has 0 aromatic carbocycles. The van der Waals surface area contributed by atoms with Crippen LogP contribution in [-0.4, -0.2) is 34.3 Å². The lowest BCUT2D eigenvalue weighted by atomic mass is 10.1. The summed E-state index contributed by atoms with van der Waals surface area (Å²) in [5, 5.41) is 25.4. The first-order chi connectivity index (χ1) is 4.76. The minimum absolute atomic E-state index is 0.144. The molecule has 0 saturated carbocycles. The van der Waals surface area contributed by atoms with Crippen molar-refractivity contribution in [2.24, 2.45) is 0 Å². The van der Waals surface area contributed by atoms with Crippen LogP contribution in [0.15, 0.2) is 12.7 Å². The fourth-order valence-corrected chi connectivity index (χ4v) is 0.567. The maximum atomic E-state index is 8.99. The van der Waals surface area contributed by atoms with Crippen molar-refractivity contribution in [3.8, 4) is 0 Å². The molecule has 4 heteroatoms. The predicted octanol–water partition coefficient (Wildman–Crippen LogP) is -0.226. The van der Waals surface area contributed by atoms with Crippen molar-refractivity contribution in [1.29, 1.82) is 0 Å². The topological polar surface area (TPSA) is 69.9 Å². The van der Waals surface area contributed by atoms with Gasteiger partial charge < -0.3 is 10.2 Å². The van der Waals surface area contributed by atoms with Crippen LogP contribution >= 0.6 is 0 Å². The summed E-state index contributed by atoms with van der Waals surface area (Å²) in [4.78, 5) is 3.83. The highest BCUT2D eigenvalue weighted by atomic mass is 17.1. The monoisotopic (exact) mass is 148 g/mol. The molecule has 2 atom stereocenters. The van der Waals surface area contributed by atoms with E-state index in [1.807, 2.05) is 0 Å². The number of aliphatic hydroxyl groups excluding tert-OH is 2. The van der Waals surface area contributed by atoms with Crippen LogP contribution in [-0.2, 0) is 4.89 Å². The lowest BCUT2D eigenvalue weighted by molar-refractivity contribution is -0.283. The second-order valence-corrected chi connectivity index (χ2v) is 1.89. The molecule has 0 aliphatic heterocycles. The molecule has 0 aromatic rings. The summed E-state index contributed by atoms with van der Waals surface area (Å²) < 4.78 is 0. The van der Waals surface area contributed by atoms with E-state index in [0.29, 0.717) is 0 Å². The zero-order valence-electron chi connectivity index (χ0n) is 5.60. The third kappa shape index (κ3) is 2.93. The molecule has 0 aliphatic carbocycles. The highest BCUT2D eigenvalue weighted by Gasteiger charge is 2.15. The first-order valence-electron chi connectivity index (χ1n) is 2.98. The molecule has 3 N–H and O–H groups in total. The second kappa shape index (κ2) is 5.37. The van der Waals surface area contributed by atoms with Crippen LogP contribution in [0.3, 0.4) is 0 Å². The first-order valence-corrected chi connectivity index (χ1v) is 2.98. The Balaban J connectivity index is 3.63. The highest BCUT2D eigenvalue weighted by molar-refractivity contribution is 4.84. The van der Waals surface area contributed by atoms with Crippen molar-refractivity contribution in [3.05, 3.63) is 12.7 Å². The quantitative estimate of drug-likeness (QED) is 0.286. The smallest absolute Gasteiger partial charge is 0.136 e. The van der Waals surface area contributed by atoms with Crippen LogP contribution in [0.25, 0.3) is 0 Å². The van der Waals surface area contributed by atoms with Gasteiger partial charge >= 0.3 is 0 Å². The summed E-state index contributed by atoms with van der Waals surface area (Å²) in [6.07, 6.45) is -0.281. The summed E-state index contributed by atoms with van der Waals surface area (Å²) >= 11 is 0. The van der Waals surface area contributed by atoms with Crippen molar-refractivity contribution < 1.29 is 20.4 Å². The molecular weight excluding hydrogens is 136 g/mol. The van der Waals surface area contributed by atoms with Gasteiger partial charge in [0.05, 0.1) is 6.10 Å². The van der Waals surface area contributed by atoms with E-state index < -0.39 is 12.2 Å². The molecule has 60 valence electrons. The molecule has 0 bridgehead atoms. The van der Waals surface area contributed by atoms with Crippen LogP contribution in [0.1, 0.15) is 6.42 Å². The van der Waals surface area contributed by atoms with Gasteiger partial charge in [0.2, 0.25) is 0 Å². The maximum Gasteiger partial charge on any atom is 0.136 e. The summed E-state index contributed by atoms with van der Waals surface area (Å²) in [6, 6.07) is 0. The third-order valence-corrected chi connectivity index (χ3v) is 1.16. The zero-order chi connectivity index (χ0) is 7.98. The molecule has 10 heavy (non-hydrogen) atoms. The van der Waals surface area contributed by atoms with E-state index in [2.05, 4.69) is 11.5 Å². The molecule has 0 radical (unpaired) electrons. The molecule has 0 aliphatic rings. The van der Waals surface area contributed by atoms with Crippen LogP contribution in [0, 0.1) is 0 Å². The van der Waals surface area contributed by atoms with Gasteiger partial charge in [-0.05, 0) is 6.42 Å². The van der Waals surface area contributed by atoms with Crippen molar-refractivity contribution in [3.63, 3.8) is 0 Å². The molecule has 0 heterocycles. The van der Waals surface area contributed by atoms with E-state index in [9.17, 15) is 0 Å². The Morgan fingerprint density at radius 2 is 2.20 bits per heavy atom. The van der Waals surface area contributed by atoms with Crippen LogP contribution in [0.2, 0.25) is 0 Å². The molecule has 0 rings (SSSR count). The zero-order valence-corrected chi connectivity index (χ0v) is 5.60. The summed E-state index contributed by atoms with van der Waals surface area (Å²) in [5.41, 5.74) is 0. The van der Waals surface area contributed by atoms with E-state index >= 15 is 0 Å². The van der Waals surface area contributed by atoms with Gasteiger partial charge in [0.25, 0.3) is 0 Å². The van der Waals surface area contributed by atoms with Crippen LogP contribution in [0.4, 0.5) is 0 Å². The molecule has 0 saturated heterocycles. The van der Waals surface area contributed by atoms with Gasteiger partial charge in [-0.3, -0.25) is 5.26 Å². The van der Waals surface area contributed by atoms with E-state index in [-0.39, 0.29) is 13.0 Å². The SMILES string of the molecule is C=C[C@H](OO)[C@@H](O)CCO. The van der Waals surface area contributed by atoms with Gasteiger partial charge in [0, 0.05) is 6.61 Å². The van der Waals surface area contributed by atoms with Crippen molar-refractivity contribution >= 4 is 0 Å². The molecule has 0 amide bonds. The average Bonchev–Trinajstić information content (AvgIpc) is 1.91. The Kier molecular flexibility index (Phi) is 5.15. The molecule has 0 unspecified atom stereocenters. The number of rotatable bonds is 5. The third-order valence-electron chi connectivity index (χ3n) is 1.16. The Bertz CT molecular complexity index is 93.7. The molecule has 0 fully saturated rings. The van der Waals surface area contributed by atoms with Crippen molar-refractivity contribution in [2.75, 3.05) is 6.61 Å². The van der Waals surface area contributed by atoms with Gasteiger partial charge in [-0.15, -0.1) is 6.58 Å². The molecule has 0 spiro atoms. The Hall–Kier alpha value is -0.420. The number of aliphatic hydroxyl groups is 2. The van der Waals surface area contributed by atoms with Crippen LogP contribution in [0.5, 0.6) is 0 Å². The minimum atomic E-state index is -0.896. The predicted molar refractivity (Wildman–Crippen MR) is 35.4 cm³/mol. The highest BCUT2D eigenvalue weighted by Crippen LogP contribution is 2.02. The molecule has 0 aromatic heterocycles. The van der Waals surface area contributed by atoms with E-state index in [0.717, 1.165) is 0 Å². The fourth-order valence-electron chi connectivity index (χ4n) is 0.567. The second-order valence-electron chi connectivity index (χ2n) is 1.89. The molecule has 4 nitrogen and oxygen atoms in total. The van der Waals surface area contributed by atoms with E-state index in [1.54, 1.807) is 0 Å². The first kappa shape index (κ1) is 9.58. The Morgan fingerprint density at radius 1 is 1.60 bits per heavy atom. The minimum Gasteiger partial charge on any atom is -0.396 e. The normalized spacial score (nSPS) is 16.3. The fraction of sp³-hybridized carbons (Fsp3) is 0.667. The summed E-state index contributed by atoms with van der Waals surface area (Å²) in [6.45, 7) is 3.16. The van der Waals surface area contributed by atoms with Crippen LogP contribution < -0.4 is 0 Å². The van der Waals surface area contributed by atoms with Gasteiger partial charge in [-0.2, -0.15) is 0 Å². The largest absolute Gasteiger partial charge is 0.396 e. The van der Waals surface area contributed by atoms with E-state index in [4.69, 9.17) is 15.5 Å². The van der Waals surface area contributed by atoms with Gasteiger partial charge in [0.1, 0.15) is 6.10 Å². The number of hydrogen-bond acceptors (Lipinski definition) is 4. The molecular formula is C6H12O4. The van der Waals surface area contributed by atoms with Crippen molar-refractivity contribution in [1.82, 2.24) is 0 Å².